The largest absolute Gasteiger partial charge is 0.380 e. The highest BCUT2D eigenvalue weighted by atomic mass is 16.5. The van der Waals surface area contributed by atoms with Gasteiger partial charge in [0.2, 0.25) is 0 Å². The summed E-state index contributed by atoms with van der Waals surface area (Å²) in [7, 11) is 3.64. The summed E-state index contributed by atoms with van der Waals surface area (Å²) in [5.74, 6) is 0. The van der Waals surface area contributed by atoms with Crippen LogP contribution in [-0.2, 0) is 17.8 Å². The van der Waals surface area contributed by atoms with Gasteiger partial charge in [0.05, 0.1) is 18.3 Å². The highest BCUT2D eigenvalue weighted by molar-refractivity contribution is 4.99. The van der Waals surface area contributed by atoms with E-state index in [0.29, 0.717) is 0 Å². The molecule has 0 fully saturated rings. The van der Waals surface area contributed by atoms with Crippen molar-refractivity contribution in [2.75, 3.05) is 14.2 Å². The molecule has 13 heavy (non-hydrogen) atoms. The number of rotatable bonds is 5. The zero-order valence-corrected chi connectivity index (χ0v) is 8.45. The molecule has 1 aromatic heterocycles. The first-order chi connectivity index (χ1) is 6.27. The van der Waals surface area contributed by atoms with Gasteiger partial charge >= 0.3 is 0 Å². The van der Waals surface area contributed by atoms with Gasteiger partial charge in [-0.15, -0.1) is 0 Å². The van der Waals surface area contributed by atoms with Gasteiger partial charge in [0, 0.05) is 19.9 Å². The minimum absolute atomic E-state index is 0.204. The molecule has 4 nitrogen and oxygen atoms in total. The monoisotopic (exact) mass is 183 g/mol. The van der Waals surface area contributed by atoms with Crippen LogP contribution in [0, 0.1) is 0 Å². The fourth-order valence-electron chi connectivity index (χ4n) is 1.17. The first-order valence-corrected chi connectivity index (χ1v) is 4.46. The van der Waals surface area contributed by atoms with Crippen molar-refractivity contribution in [3.8, 4) is 0 Å². The molecule has 0 saturated heterocycles. The number of hydrogen-bond acceptors (Lipinski definition) is 3. The topological polar surface area (TPSA) is 39.1 Å². The van der Waals surface area contributed by atoms with Gasteiger partial charge in [-0.2, -0.15) is 5.10 Å². The number of hydrogen-bond donors (Lipinski definition) is 1. The quantitative estimate of drug-likeness (QED) is 0.728. The Kier molecular flexibility index (Phi) is 3.92. The van der Waals surface area contributed by atoms with Crippen LogP contribution >= 0.6 is 0 Å². The van der Waals surface area contributed by atoms with Gasteiger partial charge < -0.3 is 10.1 Å². The van der Waals surface area contributed by atoms with Gasteiger partial charge in [-0.25, -0.2) is 0 Å². The van der Waals surface area contributed by atoms with E-state index in [9.17, 15) is 0 Å². The van der Waals surface area contributed by atoms with Gasteiger partial charge in [-0.3, -0.25) is 4.68 Å². The zero-order chi connectivity index (χ0) is 9.68. The molecule has 0 amide bonds. The highest BCUT2D eigenvalue weighted by Gasteiger charge is 2.05. The minimum atomic E-state index is 0.204. The van der Waals surface area contributed by atoms with Crippen molar-refractivity contribution in [3.05, 3.63) is 18.0 Å². The first-order valence-electron chi connectivity index (χ1n) is 4.46. The van der Waals surface area contributed by atoms with E-state index in [0.717, 1.165) is 13.1 Å². The number of aromatic nitrogens is 2. The van der Waals surface area contributed by atoms with Crippen molar-refractivity contribution in [2.24, 2.45) is 0 Å². The Labute approximate surface area is 78.9 Å². The molecule has 1 aromatic rings. The Balaban J connectivity index is 2.59. The third-order valence-corrected chi connectivity index (χ3v) is 1.99. The van der Waals surface area contributed by atoms with Crippen molar-refractivity contribution in [2.45, 2.75) is 26.1 Å². The molecule has 1 unspecified atom stereocenters. The van der Waals surface area contributed by atoms with E-state index >= 15 is 0 Å². The van der Waals surface area contributed by atoms with E-state index in [1.807, 2.05) is 30.9 Å². The fraction of sp³-hybridized carbons (Fsp3) is 0.667. The third kappa shape index (κ3) is 2.82. The molecular formula is C9H17N3O. The standard InChI is InChI=1S/C9H17N3O/c1-8(13-3)7-12-9(6-10-2)4-5-11-12/h4-5,8,10H,6-7H2,1-3H3. The molecule has 0 aromatic carbocycles. The molecule has 0 aliphatic carbocycles. The highest BCUT2D eigenvalue weighted by Crippen LogP contribution is 2.01. The molecule has 0 bridgehead atoms. The number of methoxy groups -OCH3 is 1. The fourth-order valence-corrected chi connectivity index (χ4v) is 1.17. The predicted octanol–water partition coefficient (Wildman–Crippen LogP) is 0.637. The Morgan fingerprint density at radius 1 is 1.69 bits per heavy atom. The summed E-state index contributed by atoms with van der Waals surface area (Å²) >= 11 is 0. The lowest BCUT2D eigenvalue weighted by Crippen LogP contribution is -2.19. The van der Waals surface area contributed by atoms with E-state index in [1.165, 1.54) is 5.69 Å². The summed E-state index contributed by atoms with van der Waals surface area (Å²) in [6.07, 6.45) is 2.02. The predicted molar refractivity (Wildman–Crippen MR) is 51.5 cm³/mol. The SMILES string of the molecule is CNCc1ccnn1CC(C)OC. The molecule has 1 rings (SSSR count). The molecule has 0 spiro atoms. The summed E-state index contributed by atoms with van der Waals surface area (Å²) < 4.78 is 7.14. The smallest absolute Gasteiger partial charge is 0.0739 e. The van der Waals surface area contributed by atoms with Crippen LogP contribution in [0.3, 0.4) is 0 Å². The lowest BCUT2D eigenvalue weighted by Gasteiger charge is -2.11. The van der Waals surface area contributed by atoms with Gasteiger partial charge in [-0.1, -0.05) is 0 Å². The molecule has 0 aliphatic rings. The number of nitrogens with one attached hydrogen (secondary N) is 1. The summed E-state index contributed by atoms with van der Waals surface area (Å²) in [6.45, 7) is 3.68. The van der Waals surface area contributed by atoms with Crippen molar-refractivity contribution in [1.29, 1.82) is 0 Å². The maximum atomic E-state index is 5.18. The summed E-state index contributed by atoms with van der Waals surface area (Å²) in [5, 5.41) is 7.32. The second kappa shape index (κ2) is 4.99. The van der Waals surface area contributed by atoms with Crippen LogP contribution in [0.1, 0.15) is 12.6 Å². The van der Waals surface area contributed by atoms with Crippen LogP contribution in [0.2, 0.25) is 0 Å². The molecule has 0 radical (unpaired) electrons. The third-order valence-electron chi connectivity index (χ3n) is 1.99. The van der Waals surface area contributed by atoms with E-state index in [4.69, 9.17) is 4.74 Å². The Morgan fingerprint density at radius 2 is 2.46 bits per heavy atom. The molecule has 0 aliphatic heterocycles. The maximum absolute atomic E-state index is 5.18. The van der Waals surface area contributed by atoms with E-state index in [-0.39, 0.29) is 6.10 Å². The lowest BCUT2D eigenvalue weighted by atomic mass is 10.3. The van der Waals surface area contributed by atoms with E-state index in [2.05, 4.69) is 10.4 Å². The van der Waals surface area contributed by atoms with Crippen LogP contribution < -0.4 is 5.32 Å². The van der Waals surface area contributed by atoms with Crippen molar-refractivity contribution in [3.63, 3.8) is 0 Å². The van der Waals surface area contributed by atoms with Crippen LogP contribution in [-0.4, -0.2) is 30.0 Å². The summed E-state index contributed by atoms with van der Waals surface area (Å²) in [4.78, 5) is 0. The number of nitrogens with zero attached hydrogens (tertiary/aromatic N) is 2. The summed E-state index contributed by atoms with van der Waals surface area (Å²) in [5.41, 5.74) is 1.19. The van der Waals surface area contributed by atoms with Gasteiger partial charge in [0.25, 0.3) is 0 Å². The van der Waals surface area contributed by atoms with Gasteiger partial charge in [0.15, 0.2) is 0 Å². The maximum Gasteiger partial charge on any atom is 0.0739 e. The zero-order valence-electron chi connectivity index (χ0n) is 8.45. The van der Waals surface area contributed by atoms with E-state index in [1.54, 1.807) is 7.11 Å². The van der Waals surface area contributed by atoms with Crippen LogP contribution in [0.15, 0.2) is 12.3 Å². The van der Waals surface area contributed by atoms with Crippen LogP contribution in [0.25, 0.3) is 0 Å². The Morgan fingerprint density at radius 3 is 3.08 bits per heavy atom. The molecule has 1 N–H and O–H groups in total. The van der Waals surface area contributed by atoms with Crippen molar-refractivity contribution < 1.29 is 4.74 Å². The second-order valence-corrected chi connectivity index (χ2v) is 3.08. The van der Waals surface area contributed by atoms with Gasteiger partial charge in [-0.05, 0) is 20.0 Å². The molecule has 1 atom stereocenters. The second-order valence-electron chi connectivity index (χ2n) is 3.08. The van der Waals surface area contributed by atoms with Gasteiger partial charge in [0.1, 0.15) is 0 Å². The average Bonchev–Trinajstić information content (AvgIpc) is 2.54. The normalized spacial score (nSPS) is 13.2. The van der Waals surface area contributed by atoms with Crippen LogP contribution in [0.4, 0.5) is 0 Å². The van der Waals surface area contributed by atoms with Crippen LogP contribution in [0.5, 0.6) is 0 Å². The lowest BCUT2D eigenvalue weighted by molar-refractivity contribution is 0.0989. The molecule has 74 valence electrons. The molecule has 0 saturated carbocycles. The summed E-state index contributed by atoms with van der Waals surface area (Å²) in [6, 6.07) is 2.01. The van der Waals surface area contributed by atoms with E-state index < -0.39 is 0 Å². The van der Waals surface area contributed by atoms with Crippen molar-refractivity contribution >= 4 is 0 Å². The minimum Gasteiger partial charge on any atom is -0.380 e. The molecule has 1 heterocycles. The first kappa shape index (κ1) is 10.2. The Bertz CT molecular complexity index is 247. The number of ether oxygens (including phenoxy) is 1. The molecular weight excluding hydrogens is 166 g/mol. The Hall–Kier alpha value is -0.870. The molecule has 4 heteroatoms. The van der Waals surface area contributed by atoms with Crippen molar-refractivity contribution in [1.82, 2.24) is 15.1 Å². The average molecular weight is 183 g/mol.